The first-order valence-corrected chi connectivity index (χ1v) is 8.77. The minimum Gasteiger partial charge on any atom is -0.487 e. The SMILES string of the molecule is Cc1nc(CNC(=O)[C@H](C)n2cc(COc3ccccc3)nn2)cs1. The molecule has 7 nitrogen and oxygen atoms in total. The van der Waals surface area contributed by atoms with Gasteiger partial charge in [-0.3, -0.25) is 4.79 Å². The van der Waals surface area contributed by atoms with E-state index in [-0.39, 0.29) is 5.91 Å². The van der Waals surface area contributed by atoms with E-state index in [4.69, 9.17) is 4.74 Å². The molecule has 0 bridgehead atoms. The van der Waals surface area contributed by atoms with Gasteiger partial charge in [-0.2, -0.15) is 0 Å². The van der Waals surface area contributed by atoms with Crippen LogP contribution in [0, 0.1) is 6.92 Å². The number of nitrogens with zero attached hydrogens (tertiary/aromatic N) is 4. The topological polar surface area (TPSA) is 81.9 Å². The van der Waals surface area contributed by atoms with Gasteiger partial charge in [-0.1, -0.05) is 23.4 Å². The van der Waals surface area contributed by atoms with Crippen LogP contribution < -0.4 is 10.1 Å². The highest BCUT2D eigenvalue weighted by molar-refractivity contribution is 7.09. The summed E-state index contributed by atoms with van der Waals surface area (Å²) in [5, 5.41) is 13.9. The Morgan fingerprint density at radius 2 is 2.12 bits per heavy atom. The zero-order valence-corrected chi connectivity index (χ0v) is 14.9. The molecular formula is C17H19N5O2S. The Morgan fingerprint density at radius 3 is 2.84 bits per heavy atom. The minimum absolute atomic E-state index is 0.133. The Kier molecular flexibility index (Phi) is 5.39. The summed E-state index contributed by atoms with van der Waals surface area (Å²) in [7, 11) is 0. The first kappa shape index (κ1) is 17.1. The third-order valence-corrected chi connectivity index (χ3v) is 4.40. The maximum absolute atomic E-state index is 12.3. The number of hydrogen-bond acceptors (Lipinski definition) is 6. The highest BCUT2D eigenvalue weighted by atomic mass is 32.1. The summed E-state index contributed by atoms with van der Waals surface area (Å²) in [6, 6.07) is 9.03. The number of benzene rings is 1. The van der Waals surface area contributed by atoms with E-state index in [2.05, 4.69) is 20.6 Å². The van der Waals surface area contributed by atoms with Crippen molar-refractivity contribution in [1.82, 2.24) is 25.3 Å². The zero-order chi connectivity index (χ0) is 17.6. The monoisotopic (exact) mass is 357 g/mol. The standard InChI is InChI=1S/C17H19N5O2S/c1-12(17(23)18-8-14-11-25-13(2)19-14)22-9-15(20-21-22)10-24-16-6-4-3-5-7-16/h3-7,9,11-12H,8,10H2,1-2H3,(H,18,23)/t12-/m0/s1. The third kappa shape index (κ3) is 4.63. The number of thiazole rings is 1. The van der Waals surface area contributed by atoms with Crippen molar-refractivity contribution in [1.29, 1.82) is 0 Å². The molecule has 0 aliphatic carbocycles. The molecule has 0 saturated carbocycles. The van der Waals surface area contributed by atoms with Crippen molar-refractivity contribution in [2.75, 3.05) is 0 Å². The van der Waals surface area contributed by atoms with Gasteiger partial charge < -0.3 is 10.1 Å². The molecule has 1 aromatic carbocycles. The molecule has 8 heteroatoms. The zero-order valence-electron chi connectivity index (χ0n) is 14.0. The summed E-state index contributed by atoms with van der Waals surface area (Å²) < 4.78 is 7.16. The van der Waals surface area contributed by atoms with E-state index in [0.29, 0.717) is 18.8 Å². The number of aromatic nitrogens is 4. The van der Waals surface area contributed by atoms with Gasteiger partial charge in [0.05, 0.1) is 23.4 Å². The fourth-order valence-corrected chi connectivity index (χ4v) is 2.79. The van der Waals surface area contributed by atoms with Gasteiger partial charge in [0.15, 0.2) is 0 Å². The number of nitrogens with one attached hydrogen (secondary N) is 1. The molecule has 0 spiro atoms. The minimum atomic E-state index is -0.460. The molecule has 0 aliphatic heterocycles. The molecule has 2 aromatic heterocycles. The highest BCUT2D eigenvalue weighted by Gasteiger charge is 2.17. The van der Waals surface area contributed by atoms with Crippen LogP contribution in [-0.2, 0) is 17.9 Å². The smallest absolute Gasteiger partial charge is 0.244 e. The molecule has 1 amide bonds. The summed E-state index contributed by atoms with van der Waals surface area (Å²) in [5.74, 6) is 0.632. The molecule has 25 heavy (non-hydrogen) atoms. The molecule has 1 N–H and O–H groups in total. The van der Waals surface area contributed by atoms with E-state index < -0.39 is 6.04 Å². The van der Waals surface area contributed by atoms with E-state index in [0.717, 1.165) is 16.5 Å². The Balaban J connectivity index is 1.52. The summed E-state index contributed by atoms with van der Waals surface area (Å²) >= 11 is 1.56. The van der Waals surface area contributed by atoms with Gasteiger partial charge in [0, 0.05) is 5.38 Å². The number of carbonyl (C=O) groups excluding carboxylic acids is 1. The van der Waals surface area contributed by atoms with E-state index in [9.17, 15) is 4.79 Å². The average molecular weight is 357 g/mol. The fourth-order valence-electron chi connectivity index (χ4n) is 2.18. The quantitative estimate of drug-likeness (QED) is 0.702. The summed E-state index contributed by atoms with van der Waals surface area (Å²) in [6.45, 7) is 4.42. The molecule has 1 atom stereocenters. The lowest BCUT2D eigenvalue weighted by Gasteiger charge is -2.11. The second-order valence-corrected chi connectivity index (χ2v) is 6.61. The van der Waals surface area contributed by atoms with Crippen LogP contribution in [0.1, 0.15) is 29.4 Å². The normalized spacial score (nSPS) is 11.9. The van der Waals surface area contributed by atoms with Crippen LogP contribution in [0.25, 0.3) is 0 Å². The van der Waals surface area contributed by atoms with E-state index in [1.54, 1.807) is 24.5 Å². The molecule has 0 aliphatic rings. The average Bonchev–Trinajstić information content (AvgIpc) is 3.27. The largest absolute Gasteiger partial charge is 0.487 e. The first-order chi connectivity index (χ1) is 12.1. The van der Waals surface area contributed by atoms with Crippen molar-refractivity contribution in [2.24, 2.45) is 0 Å². The van der Waals surface area contributed by atoms with Crippen LogP contribution in [0.4, 0.5) is 0 Å². The van der Waals surface area contributed by atoms with Crippen LogP contribution in [0.5, 0.6) is 5.75 Å². The molecule has 3 rings (SSSR count). The van der Waals surface area contributed by atoms with Crippen LogP contribution in [-0.4, -0.2) is 25.9 Å². The molecule has 0 radical (unpaired) electrons. The van der Waals surface area contributed by atoms with Crippen molar-refractivity contribution in [2.45, 2.75) is 33.0 Å². The van der Waals surface area contributed by atoms with Crippen molar-refractivity contribution in [3.05, 3.63) is 58.3 Å². The predicted octanol–water partition coefficient (Wildman–Crippen LogP) is 2.50. The van der Waals surface area contributed by atoms with Gasteiger partial charge in [0.1, 0.15) is 24.1 Å². The fraction of sp³-hybridized carbons (Fsp3) is 0.294. The molecule has 130 valence electrons. The number of aryl methyl sites for hydroxylation is 1. The van der Waals surface area contributed by atoms with Crippen molar-refractivity contribution in [3.63, 3.8) is 0 Å². The second kappa shape index (κ2) is 7.89. The number of hydrogen-bond donors (Lipinski definition) is 1. The van der Waals surface area contributed by atoms with Crippen molar-refractivity contribution >= 4 is 17.2 Å². The van der Waals surface area contributed by atoms with Gasteiger partial charge >= 0.3 is 0 Å². The maximum Gasteiger partial charge on any atom is 0.244 e. The maximum atomic E-state index is 12.3. The molecule has 2 heterocycles. The van der Waals surface area contributed by atoms with Gasteiger partial charge in [-0.15, -0.1) is 16.4 Å². The predicted molar refractivity (Wildman–Crippen MR) is 94.2 cm³/mol. The Labute approximate surface area is 149 Å². The van der Waals surface area contributed by atoms with E-state index in [1.807, 2.05) is 42.6 Å². The summed E-state index contributed by atoms with van der Waals surface area (Å²) in [4.78, 5) is 16.6. The Bertz CT molecular complexity index is 830. The van der Waals surface area contributed by atoms with Crippen LogP contribution in [0.15, 0.2) is 41.9 Å². The molecule has 0 saturated heterocycles. The third-order valence-electron chi connectivity index (χ3n) is 3.57. The molecular weight excluding hydrogens is 338 g/mol. The lowest BCUT2D eigenvalue weighted by Crippen LogP contribution is -2.31. The van der Waals surface area contributed by atoms with E-state index >= 15 is 0 Å². The van der Waals surface area contributed by atoms with Crippen LogP contribution >= 0.6 is 11.3 Å². The number of para-hydroxylation sites is 1. The number of amides is 1. The Hall–Kier alpha value is -2.74. The molecule has 0 unspecified atom stereocenters. The molecule has 0 fully saturated rings. The van der Waals surface area contributed by atoms with Gasteiger partial charge in [-0.25, -0.2) is 9.67 Å². The van der Waals surface area contributed by atoms with Gasteiger partial charge in [0.25, 0.3) is 0 Å². The number of carbonyl (C=O) groups is 1. The van der Waals surface area contributed by atoms with Crippen molar-refractivity contribution < 1.29 is 9.53 Å². The lowest BCUT2D eigenvalue weighted by molar-refractivity contribution is -0.124. The summed E-state index contributed by atoms with van der Waals surface area (Å²) in [5.41, 5.74) is 1.53. The van der Waals surface area contributed by atoms with Crippen LogP contribution in [0.3, 0.4) is 0 Å². The lowest BCUT2D eigenvalue weighted by atomic mass is 10.3. The van der Waals surface area contributed by atoms with Crippen LogP contribution in [0.2, 0.25) is 0 Å². The summed E-state index contributed by atoms with van der Waals surface area (Å²) in [6.07, 6.45) is 1.72. The van der Waals surface area contributed by atoms with Gasteiger partial charge in [0.2, 0.25) is 5.91 Å². The highest BCUT2D eigenvalue weighted by Crippen LogP contribution is 2.12. The number of ether oxygens (including phenoxy) is 1. The first-order valence-electron chi connectivity index (χ1n) is 7.89. The molecule has 3 aromatic rings. The van der Waals surface area contributed by atoms with E-state index in [1.165, 1.54) is 4.68 Å². The Morgan fingerprint density at radius 1 is 1.32 bits per heavy atom. The van der Waals surface area contributed by atoms with Crippen molar-refractivity contribution in [3.8, 4) is 5.75 Å². The number of rotatable bonds is 7. The second-order valence-electron chi connectivity index (χ2n) is 5.54. The van der Waals surface area contributed by atoms with Gasteiger partial charge in [-0.05, 0) is 26.0 Å².